The van der Waals surface area contributed by atoms with Crippen LogP contribution in [-0.2, 0) is 4.74 Å². The number of aryl methyl sites for hydroxylation is 2. The predicted octanol–water partition coefficient (Wildman–Crippen LogP) is 3.40. The molecule has 130 valence electrons. The lowest BCUT2D eigenvalue weighted by atomic mass is 9.95. The third-order valence-corrected chi connectivity index (χ3v) is 4.70. The summed E-state index contributed by atoms with van der Waals surface area (Å²) in [7, 11) is 0. The van der Waals surface area contributed by atoms with Crippen LogP contribution in [0.1, 0.15) is 44.3 Å². The normalized spacial score (nSPS) is 17.4. The summed E-state index contributed by atoms with van der Waals surface area (Å²) in [5, 5.41) is 0. The minimum Gasteiger partial charge on any atom is -0.375 e. The molecular weight excluding hydrogens is 314 g/mol. The standard InChI is InChI=1S/C21H23NO3/c1-14-8-9-17(12-15(14)2)20(23)18-6-4-5-7-19(18)21(24)22-10-11-25-16(3)13-22/h4-9,12,16H,10-11,13H2,1-3H3/t16-/m0/s1. The van der Waals surface area contributed by atoms with Crippen LogP contribution >= 0.6 is 0 Å². The van der Waals surface area contributed by atoms with Gasteiger partial charge in [0.25, 0.3) is 5.91 Å². The van der Waals surface area contributed by atoms with Gasteiger partial charge in [0.15, 0.2) is 5.78 Å². The van der Waals surface area contributed by atoms with Crippen molar-refractivity contribution in [2.45, 2.75) is 26.9 Å². The van der Waals surface area contributed by atoms with Gasteiger partial charge in [-0.3, -0.25) is 9.59 Å². The molecule has 1 heterocycles. The highest BCUT2D eigenvalue weighted by atomic mass is 16.5. The Morgan fingerprint density at radius 2 is 1.76 bits per heavy atom. The van der Waals surface area contributed by atoms with E-state index in [0.29, 0.717) is 36.4 Å². The van der Waals surface area contributed by atoms with Crippen LogP contribution in [0, 0.1) is 13.8 Å². The number of amides is 1. The number of carbonyl (C=O) groups is 2. The lowest BCUT2D eigenvalue weighted by Crippen LogP contribution is -2.44. The molecule has 1 fully saturated rings. The van der Waals surface area contributed by atoms with Crippen LogP contribution in [-0.4, -0.2) is 42.4 Å². The van der Waals surface area contributed by atoms with Crippen molar-refractivity contribution in [1.82, 2.24) is 4.90 Å². The first-order chi connectivity index (χ1) is 12.0. The molecule has 4 heteroatoms. The Labute approximate surface area is 148 Å². The van der Waals surface area contributed by atoms with Gasteiger partial charge in [-0.2, -0.15) is 0 Å². The number of ether oxygens (including phenoxy) is 1. The third kappa shape index (κ3) is 3.64. The molecule has 1 amide bonds. The second kappa shape index (κ2) is 7.19. The molecule has 0 spiro atoms. The molecule has 1 aliphatic rings. The van der Waals surface area contributed by atoms with Gasteiger partial charge in [0, 0.05) is 24.2 Å². The van der Waals surface area contributed by atoms with Gasteiger partial charge in [0.05, 0.1) is 18.3 Å². The molecule has 0 unspecified atom stereocenters. The smallest absolute Gasteiger partial charge is 0.254 e. The monoisotopic (exact) mass is 337 g/mol. The number of nitrogens with zero attached hydrogens (tertiary/aromatic N) is 1. The number of rotatable bonds is 3. The second-order valence-corrected chi connectivity index (χ2v) is 6.61. The van der Waals surface area contributed by atoms with Crippen molar-refractivity contribution >= 4 is 11.7 Å². The molecule has 0 aromatic heterocycles. The maximum absolute atomic E-state index is 13.0. The minimum atomic E-state index is -0.117. The van der Waals surface area contributed by atoms with Crippen molar-refractivity contribution in [3.8, 4) is 0 Å². The Hall–Kier alpha value is -2.46. The molecule has 0 bridgehead atoms. The van der Waals surface area contributed by atoms with Crippen LogP contribution in [0.25, 0.3) is 0 Å². The molecule has 2 aromatic carbocycles. The molecule has 0 radical (unpaired) electrons. The predicted molar refractivity (Wildman–Crippen MR) is 97.1 cm³/mol. The Morgan fingerprint density at radius 3 is 2.44 bits per heavy atom. The van der Waals surface area contributed by atoms with Crippen LogP contribution in [0.3, 0.4) is 0 Å². The average molecular weight is 337 g/mol. The molecule has 1 atom stereocenters. The van der Waals surface area contributed by atoms with Gasteiger partial charge in [0.2, 0.25) is 0 Å². The summed E-state index contributed by atoms with van der Waals surface area (Å²) in [6.45, 7) is 7.57. The van der Waals surface area contributed by atoms with Gasteiger partial charge in [-0.1, -0.05) is 30.3 Å². The van der Waals surface area contributed by atoms with Gasteiger partial charge in [-0.25, -0.2) is 0 Å². The SMILES string of the molecule is Cc1ccc(C(=O)c2ccccc2C(=O)N2CCO[C@@H](C)C2)cc1C. The van der Waals surface area contributed by atoms with E-state index in [0.717, 1.165) is 11.1 Å². The molecule has 0 saturated carbocycles. The summed E-state index contributed by atoms with van der Waals surface area (Å²) in [6, 6.07) is 12.7. The summed E-state index contributed by atoms with van der Waals surface area (Å²) in [5.74, 6) is -0.226. The highest BCUT2D eigenvalue weighted by Gasteiger charge is 2.26. The van der Waals surface area contributed by atoms with Gasteiger partial charge >= 0.3 is 0 Å². The Morgan fingerprint density at radius 1 is 1.04 bits per heavy atom. The second-order valence-electron chi connectivity index (χ2n) is 6.61. The number of morpholine rings is 1. The Kier molecular flexibility index (Phi) is 5.00. The van der Waals surface area contributed by atoms with E-state index in [-0.39, 0.29) is 17.8 Å². The van der Waals surface area contributed by atoms with Crippen LogP contribution in [0.2, 0.25) is 0 Å². The van der Waals surface area contributed by atoms with E-state index >= 15 is 0 Å². The Balaban J connectivity index is 1.93. The fourth-order valence-corrected chi connectivity index (χ4v) is 3.08. The van der Waals surface area contributed by atoms with E-state index in [1.54, 1.807) is 29.2 Å². The lowest BCUT2D eigenvalue weighted by molar-refractivity contribution is -0.0124. The molecule has 25 heavy (non-hydrogen) atoms. The van der Waals surface area contributed by atoms with Crippen molar-refractivity contribution in [1.29, 1.82) is 0 Å². The van der Waals surface area contributed by atoms with Crippen molar-refractivity contribution in [2.24, 2.45) is 0 Å². The number of ketones is 1. The maximum Gasteiger partial charge on any atom is 0.254 e. The first-order valence-electron chi connectivity index (χ1n) is 8.59. The van der Waals surface area contributed by atoms with Crippen LogP contribution in [0.4, 0.5) is 0 Å². The van der Waals surface area contributed by atoms with Crippen molar-refractivity contribution in [3.05, 3.63) is 70.3 Å². The van der Waals surface area contributed by atoms with Crippen LogP contribution in [0.5, 0.6) is 0 Å². The van der Waals surface area contributed by atoms with E-state index in [2.05, 4.69) is 0 Å². The van der Waals surface area contributed by atoms with Gasteiger partial charge in [0.1, 0.15) is 0 Å². The highest BCUT2D eigenvalue weighted by molar-refractivity contribution is 6.15. The number of benzene rings is 2. The molecule has 0 aliphatic carbocycles. The van der Waals surface area contributed by atoms with E-state index < -0.39 is 0 Å². The third-order valence-electron chi connectivity index (χ3n) is 4.70. The maximum atomic E-state index is 13.0. The number of hydrogen-bond donors (Lipinski definition) is 0. The quantitative estimate of drug-likeness (QED) is 0.807. The summed E-state index contributed by atoms with van der Waals surface area (Å²) >= 11 is 0. The molecule has 1 saturated heterocycles. The minimum absolute atomic E-state index is 0.0142. The summed E-state index contributed by atoms with van der Waals surface area (Å²) in [6.07, 6.45) is 0.0142. The first kappa shape index (κ1) is 17.4. The molecule has 4 nitrogen and oxygen atoms in total. The fourth-order valence-electron chi connectivity index (χ4n) is 3.08. The Bertz CT molecular complexity index is 813. The van der Waals surface area contributed by atoms with Crippen molar-refractivity contribution in [2.75, 3.05) is 19.7 Å². The molecule has 0 N–H and O–H groups in total. The van der Waals surface area contributed by atoms with Gasteiger partial charge < -0.3 is 9.64 Å². The van der Waals surface area contributed by atoms with E-state index in [9.17, 15) is 9.59 Å². The first-order valence-corrected chi connectivity index (χ1v) is 8.59. The van der Waals surface area contributed by atoms with E-state index in [1.807, 2.05) is 39.0 Å². The number of hydrogen-bond acceptors (Lipinski definition) is 3. The van der Waals surface area contributed by atoms with Crippen LogP contribution < -0.4 is 0 Å². The number of carbonyl (C=O) groups excluding carboxylic acids is 2. The van der Waals surface area contributed by atoms with E-state index in [4.69, 9.17) is 4.74 Å². The van der Waals surface area contributed by atoms with Crippen molar-refractivity contribution in [3.63, 3.8) is 0 Å². The lowest BCUT2D eigenvalue weighted by Gasteiger charge is -2.31. The zero-order chi connectivity index (χ0) is 18.0. The molecule has 3 rings (SSSR count). The highest BCUT2D eigenvalue weighted by Crippen LogP contribution is 2.20. The zero-order valence-electron chi connectivity index (χ0n) is 14.9. The molecular formula is C21H23NO3. The van der Waals surface area contributed by atoms with Gasteiger partial charge in [-0.05, 0) is 44.0 Å². The average Bonchev–Trinajstić information content (AvgIpc) is 2.63. The van der Waals surface area contributed by atoms with E-state index in [1.165, 1.54) is 0 Å². The zero-order valence-corrected chi connectivity index (χ0v) is 14.9. The topological polar surface area (TPSA) is 46.6 Å². The van der Waals surface area contributed by atoms with Crippen LogP contribution in [0.15, 0.2) is 42.5 Å². The summed E-state index contributed by atoms with van der Waals surface area (Å²) in [4.78, 5) is 27.7. The molecule has 2 aromatic rings. The summed E-state index contributed by atoms with van der Waals surface area (Å²) in [5.41, 5.74) is 3.73. The summed E-state index contributed by atoms with van der Waals surface area (Å²) < 4.78 is 5.50. The van der Waals surface area contributed by atoms with Gasteiger partial charge in [-0.15, -0.1) is 0 Å². The van der Waals surface area contributed by atoms with Crippen molar-refractivity contribution < 1.29 is 14.3 Å². The largest absolute Gasteiger partial charge is 0.375 e. The molecule has 1 aliphatic heterocycles. The fraction of sp³-hybridized carbons (Fsp3) is 0.333.